The van der Waals surface area contributed by atoms with Crippen LogP contribution in [0.1, 0.15) is 6.42 Å². The first kappa shape index (κ1) is 13.2. The number of fused-ring (bicyclic) bond motifs is 1. The minimum Gasteiger partial charge on any atom is -0.291 e. The summed E-state index contributed by atoms with van der Waals surface area (Å²) < 4.78 is 1.18. The van der Waals surface area contributed by atoms with Crippen LogP contribution in [0.3, 0.4) is 0 Å². The molecule has 0 saturated heterocycles. The molecule has 2 aromatic heterocycles. The van der Waals surface area contributed by atoms with Gasteiger partial charge in [0.25, 0.3) is 5.56 Å². The average molecular weight is 283 g/mol. The molecule has 18 heavy (non-hydrogen) atoms. The van der Waals surface area contributed by atoms with E-state index in [1.54, 1.807) is 12.1 Å². The number of pyridine rings is 1. The molecule has 7 heteroatoms. The molecule has 5 nitrogen and oxygen atoms in total. The normalized spacial score (nSPS) is 12.8. The SMILES string of the molecule is O=c1[nH]c2ncccc2c(=O)n1CCC(S)CS. The highest BCUT2D eigenvalue weighted by Crippen LogP contribution is 2.04. The summed E-state index contributed by atoms with van der Waals surface area (Å²) in [5, 5.41) is 0.475. The highest BCUT2D eigenvalue weighted by molar-refractivity contribution is 7.84. The third-order valence-corrected chi connectivity index (χ3v) is 3.82. The van der Waals surface area contributed by atoms with Gasteiger partial charge in [-0.3, -0.25) is 14.3 Å². The number of hydrogen-bond donors (Lipinski definition) is 3. The van der Waals surface area contributed by atoms with Crippen LogP contribution in [-0.2, 0) is 6.54 Å². The zero-order valence-electron chi connectivity index (χ0n) is 9.54. The minimum absolute atomic E-state index is 0.0595. The molecule has 0 aromatic carbocycles. The van der Waals surface area contributed by atoms with Crippen LogP contribution in [0.4, 0.5) is 0 Å². The number of aromatic amines is 1. The van der Waals surface area contributed by atoms with E-state index < -0.39 is 5.69 Å². The molecule has 0 aliphatic carbocycles. The molecule has 1 atom stereocenters. The van der Waals surface area contributed by atoms with E-state index in [1.807, 2.05) is 0 Å². The van der Waals surface area contributed by atoms with Crippen molar-refractivity contribution in [2.24, 2.45) is 0 Å². The van der Waals surface area contributed by atoms with Gasteiger partial charge >= 0.3 is 5.69 Å². The molecule has 2 rings (SSSR count). The van der Waals surface area contributed by atoms with Gasteiger partial charge in [0.15, 0.2) is 0 Å². The van der Waals surface area contributed by atoms with Crippen molar-refractivity contribution < 1.29 is 0 Å². The number of nitrogens with zero attached hydrogens (tertiary/aromatic N) is 2. The molecular weight excluding hydrogens is 270 g/mol. The summed E-state index contributed by atoms with van der Waals surface area (Å²) >= 11 is 8.40. The Kier molecular flexibility index (Phi) is 4.13. The average Bonchev–Trinajstić information content (AvgIpc) is 2.38. The third-order valence-electron chi connectivity index (χ3n) is 2.65. The molecule has 0 saturated carbocycles. The fourth-order valence-corrected chi connectivity index (χ4v) is 1.95. The van der Waals surface area contributed by atoms with Crippen molar-refractivity contribution >= 4 is 36.3 Å². The minimum atomic E-state index is -0.439. The zero-order chi connectivity index (χ0) is 13.1. The molecule has 96 valence electrons. The lowest BCUT2D eigenvalue weighted by atomic mass is 10.3. The van der Waals surface area contributed by atoms with Crippen LogP contribution in [-0.4, -0.2) is 25.5 Å². The van der Waals surface area contributed by atoms with Gasteiger partial charge in [-0.25, -0.2) is 9.78 Å². The maximum absolute atomic E-state index is 12.1. The molecule has 0 fully saturated rings. The summed E-state index contributed by atoms with van der Waals surface area (Å²) in [7, 11) is 0. The predicted molar refractivity (Wildman–Crippen MR) is 77.9 cm³/mol. The first-order valence-electron chi connectivity index (χ1n) is 5.50. The Morgan fingerprint density at radius 1 is 1.44 bits per heavy atom. The van der Waals surface area contributed by atoms with Crippen molar-refractivity contribution in [3.05, 3.63) is 39.2 Å². The predicted octanol–water partition coefficient (Wildman–Crippen LogP) is 0.703. The third kappa shape index (κ3) is 2.62. The summed E-state index contributed by atoms with van der Waals surface area (Å²) in [6.07, 6.45) is 2.15. The Balaban J connectivity index is 2.45. The summed E-state index contributed by atoms with van der Waals surface area (Å²) in [5.74, 6) is 0.602. The fourth-order valence-electron chi connectivity index (χ4n) is 1.66. The smallest absolute Gasteiger partial charge is 0.291 e. The summed E-state index contributed by atoms with van der Waals surface area (Å²) in [6.45, 7) is 0.327. The van der Waals surface area contributed by atoms with Gasteiger partial charge < -0.3 is 0 Å². The Morgan fingerprint density at radius 3 is 2.94 bits per heavy atom. The maximum Gasteiger partial charge on any atom is 0.329 e. The van der Waals surface area contributed by atoms with Crippen molar-refractivity contribution in [3.8, 4) is 0 Å². The van der Waals surface area contributed by atoms with Crippen LogP contribution in [0.15, 0.2) is 27.9 Å². The largest absolute Gasteiger partial charge is 0.329 e. The molecule has 0 bridgehead atoms. The van der Waals surface area contributed by atoms with Gasteiger partial charge in [-0.15, -0.1) is 0 Å². The van der Waals surface area contributed by atoms with E-state index in [-0.39, 0.29) is 10.8 Å². The first-order chi connectivity index (χ1) is 8.63. The molecule has 2 heterocycles. The number of H-pyrrole nitrogens is 1. The second-order valence-corrected chi connectivity index (χ2v) is 5.01. The van der Waals surface area contributed by atoms with Crippen LogP contribution in [0.5, 0.6) is 0 Å². The van der Waals surface area contributed by atoms with Crippen molar-refractivity contribution in [2.75, 3.05) is 5.75 Å². The number of rotatable bonds is 4. The molecule has 2 aromatic rings. The lowest BCUT2D eigenvalue weighted by Gasteiger charge is -2.09. The molecule has 1 N–H and O–H groups in total. The number of nitrogens with one attached hydrogen (secondary N) is 1. The van der Waals surface area contributed by atoms with Crippen molar-refractivity contribution in [2.45, 2.75) is 18.2 Å². The van der Waals surface area contributed by atoms with E-state index in [4.69, 9.17) is 0 Å². The van der Waals surface area contributed by atoms with Crippen LogP contribution in [0.2, 0.25) is 0 Å². The Labute approximate surface area is 114 Å². The molecular formula is C11H13N3O2S2. The fraction of sp³-hybridized carbons (Fsp3) is 0.364. The summed E-state index contributed by atoms with van der Waals surface area (Å²) in [4.78, 5) is 30.4. The van der Waals surface area contributed by atoms with Crippen molar-refractivity contribution in [1.29, 1.82) is 0 Å². The molecule has 0 radical (unpaired) electrons. The van der Waals surface area contributed by atoms with Crippen LogP contribution >= 0.6 is 25.3 Å². The topological polar surface area (TPSA) is 67.8 Å². The van der Waals surface area contributed by atoms with E-state index in [1.165, 1.54) is 10.8 Å². The van der Waals surface area contributed by atoms with Crippen LogP contribution in [0.25, 0.3) is 11.0 Å². The van der Waals surface area contributed by atoms with Gasteiger partial charge in [-0.05, 0) is 18.6 Å². The monoisotopic (exact) mass is 283 g/mol. The van der Waals surface area contributed by atoms with Crippen molar-refractivity contribution in [1.82, 2.24) is 14.5 Å². The molecule has 1 unspecified atom stereocenters. The Hall–Kier alpha value is -1.21. The lowest BCUT2D eigenvalue weighted by molar-refractivity contribution is 0.598. The zero-order valence-corrected chi connectivity index (χ0v) is 11.3. The first-order valence-corrected chi connectivity index (χ1v) is 6.65. The number of thiol groups is 2. The summed E-state index contributed by atoms with van der Waals surface area (Å²) in [5.41, 5.74) is -0.437. The molecule has 0 amide bonds. The van der Waals surface area contributed by atoms with E-state index in [2.05, 4.69) is 35.2 Å². The quantitative estimate of drug-likeness (QED) is 0.724. The van der Waals surface area contributed by atoms with Gasteiger partial charge in [-0.1, -0.05) is 0 Å². The van der Waals surface area contributed by atoms with E-state index in [0.29, 0.717) is 29.8 Å². The summed E-state index contributed by atoms with van der Waals surface area (Å²) in [6, 6.07) is 3.31. The van der Waals surface area contributed by atoms with E-state index in [9.17, 15) is 9.59 Å². The van der Waals surface area contributed by atoms with Gasteiger partial charge in [-0.2, -0.15) is 25.3 Å². The Morgan fingerprint density at radius 2 is 2.22 bits per heavy atom. The Bertz CT molecular complexity index is 665. The maximum atomic E-state index is 12.1. The second kappa shape index (κ2) is 5.62. The molecule has 0 aliphatic rings. The van der Waals surface area contributed by atoms with Crippen molar-refractivity contribution in [3.63, 3.8) is 0 Å². The molecule has 0 aliphatic heterocycles. The van der Waals surface area contributed by atoms with Gasteiger partial charge in [0.2, 0.25) is 0 Å². The van der Waals surface area contributed by atoms with E-state index in [0.717, 1.165) is 0 Å². The highest BCUT2D eigenvalue weighted by atomic mass is 32.1. The number of hydrogen-bond acceptors (Lipinski definition) is 5. The molecule has 0 spiro atoms. The lowest BCUT2D eigenvalue weighted by Crippen LogP contribution is -2.36. The van der Waals surface area contributed by atoms with Crippen LogP contribution < -0.4 is 11.2 Å². The standard InChI is InChI=1S/C11H13N3O2S2/c15-10-8-2-1-4-12-9(8)13-11(16)14(10)5-3-7(18)6-17/h1-2,4,7,17-18H,3,5-6H2,(H,12,13,16). The van der Waals surface area contributed by atoms with Gasteiger partial charge in [0.1, 0.15) is 5.65 Å². The van der Waals surface area contributed by atoms with E-state index >= 15 is 0 Å². The number of aromatic nitrogens is 3. The van der Waals surface area contributed by atoms with Gasteiger partial charge in [0, 0.05) is 23.7 Å². The second-order valence-electron chi connectivity index (χ2n) is 3.91. The van der Waals surface area contributed by atoms with Crippen LogP contribution in [0, 0.1) is 0 Å². The van der Waals surface area contributed by atoms with Gasteiger partial charge in [0.05, 0.1) is 5.39 Å². The highest BCUT2D eigenvalue weighted by Gasteiger charge is 2.09.